The van der Waals surface area contributed by atoms with Crippen molar-refractivity contribution in [1.82, 2.24) is 0 Å². The third kappa shape index (κ3) is 3.32. The van der Waals surface area contributed by atoms with Gasteiger partial charge in [0.2, 0.25) is 0 Å². The molecule has 0 fully saturated rings. The number of benzene rings is 3. The Kier molecular flexibility index (Phi) is 4.02. The molecule has 0 aliphatic heterocycles. The molecule has 0 bridgehead atoms. The van der Waals surface area contributed by atoms with Gasteiger partial charge in [0.05, 0.1) is 0 Å². The lowest BCUT2D eigenvalue weighted by atomic mass is 9.98. The maximum Gasteiger partial charge on any atom is 0.118 e. The minimum Gasteiger partial charge on any atom is -0.508 e. The van der Waals surface area contributed by atoms with E-state index in [1.165, 1.54) is 11.1 Å². The summed E-state index contributed by atoms with van der Waals surface area (Å²) in [6.45, 7) is 0. The van der Waals surface area contributed by atoms with Crippen LogP contribution in [-0.4, -0.2) is 5.11 Å². The van der Waals surface area contributed by atoms with Gasteiger partial charge in [-0.1, -0.05) is 66.7 Å². The minimum atomic E-state index is 0.380. The monoisotopic (exact) mass is 274 g/mol. The molecule has 0 spiro atoms. The second-order valence-electron chi connectivity index (χ2n) is 5.20. The van der Waals surface area contributed by atoms with Crippen molar-refractivity contribution in [3.05, 3.63) is 90.0 Å². The third-order valence-electron chi connectivity index (χ3n) is 3.71. The lowest BCUT2D eigenvalue weighted by molar-refractivity contribution is 0.468. The highest BCUT2D eigenvalue weighted by Gasteiger charge is 2.05. The van der Waals surface area contributed by atoms with Gasteiger partial charge >= 0.3 is 0 Å². The van der Waals surface area contributed by atoms with Crippen LogP contribution in [0.5, 0.6) is 5.75 Å². The Morgan fingerprint density at radius 2 is 1.29 bits per heavy atom. The van der Waals surface area contributed by atoms with Crippen LogP contribution in [0, 0.1) is 0 Å². The van der Waals surface area contributed by atoms with Gasteiger partial charge in [0.25, 0.3) is 0 Å². The van der Waals surface area contributed by atoms with Gasteiger partial charge in [-0.15, -0.1) is 0 Å². The Balaban J connectivity index is 1.82. The zero-order valence-electron chi connectivity index (χ0n) is 11.9. The molecule has 0 radical (unpaired) electrons. The Morgan fingerprint density at radius 3 is 2.00 bits per heavy atom. The second-order valence-corrected chi connectivity index (χ2v) is 5.20. The Labute approximate surface area is 125 Å². The number of aromatic hydroxyl groups is 1. The lowest BCUT2D eigenvalue weighted by Crippen LogP contribution is -1.92. The molecule has 3 aromatic rings. The van der Waals surface area contributed by atoms with Gasteiger partial charge in [0, 0.05) is 0 Å². The average molecular weight is 274 g/mol. The minimum absolute atomic E-state index is 0.380. The van der Waals surface area contributed by atoms with Crippen molar-refractivity contribution >= 4 is 0 Å². The Morgan fingerprint density at radius 1 is 0.619 bits per heavy atom. The highest BCUT2D eigenvalue weighted by Crippen LogP contribution is 2.26. The maximum absolute atomic E-state index is 10.1. The quantitative estimate of drug-likeness (QED) is 0.721. The number of hydrogen-bond acceptors (Lipinski definition) is 1. The molecule has 1 nitrogen and oxygen atoms in total. The van der Waals surface area contributed by atoms with Gasteiger partial charge in [-0.2, -0.15) is 0 Å². The zero-order chi connectivity index (χ0) is 14.5. The van der Waals surface area contributed by atoms with E-state index in [-0.39, 0.29) is 0 Å². The molecule has 1 N–H and O–H groups in total. The van der Waals surface area contributed by atoms with E-state index in [0.29, 0.717) is 5.75 Å². The van der Waals surface area contributed by atoms with Gasteiger partial charge in [0.1, 0.15) is 5.75 Å². The molecule has 0 amide bonds. The fourth-order valence-electron chi connectivity index (χ4n) is 2.52. The largest absolute Gasteiger partial charge is 0.508 e. The molecule has 0 heterocycles. The smallest absolute Gasteiger partial charge is 0.118 e. The summed E-state index contributed by atoms with van der Waals surface area (Å²) >= 11 is 0. The predicted octanol–water partition coefficient (Wildman–Crippen LogP) is 4.84. The standard InChI is InChI=1S/C20H18O/c21-20-14-13-18(17-9-5-2-6-10-17)15-19(20)12-11-16-7-3-1-4-8-16/h1-10,13-15,21H,11-12H2. The summed E-state index contributed by atoms with van der Waals surface area (Å²) in [5, 5.41) is 10.1. The van der Waals surface area contributed by atoms with Crippen LogP contribution in [0.2, 0.25) is 0 Å². The van der Waals surface area contributed by atoms with Gasteiger partial charge in [-0.05, 0) is 47.2 Å². The van der Waals surface area contributed by atoms with Crippen LogP contribution in [0.4, 0.5) is 0 Å². The van der Waals surface area contributed by atoms with Crippen molar-refractivity contribution in [2.75, 3.05) is 0 Å². The molecule has 0 aromatic heterocycles. The molecule has 0 atom stereocenters. The number of phenolic OH excluding ortho intramolecular Hbond substituents is 1. The van der Waals surface area contributed by atoms with Crippen LogP contribution in [-0.2, 0) is 12.8 Å². The first kappa shape index (κ1) is 13.4. The highest BCUT2D eigenvalue weighted by molar-refractivity contribution is 5.65. The average Bonchev–Trinajstić information content (AvgIpc) is 2.56. The van der Waals surface area contributed by atoms with Crippen LogP contribution in [0.15, 0.2) is 78.9 Å². The van der Waals surface area contributed by atoms with E-state index in [2.05, 4.69) is 42.5 Å². The summed E-state index contributed by atoms with van der Waals surface area (Å²) in [4.78, 5) is 0. The van der Waals surface area contributed by atoms with Crippen LogP contribution in [0.25, 0.3) is 11.1 Å². The van der Waals surface area contributed by atoms with Crippen LogP contribution < -0.4 is 0 Å². The van der Waals surface area contributed by atoms with E-state index in [4.69, 9.17) is 0 Å². The van der Waals surface area contributed by atoms with Crippen LogP contribution >= 0.6 is 0 Å². The fourth-order valence-corrected chi connectivity index (χ4v) is 2.52. The van der Waals surface area contributed by atoms with E-state index in [1.807, 2.05) is 30.3 Å². The van der Waals surface area contributed by atoms with Crippen LogP contribution in [0.3, 0.4) is 0 Å². The first-order valence-electron chi connectivity index (χ1n) is 7.24. The SMILES string of the molecule is Oc1ccc(-c2ccccc2)cc1CCc1ccccc1. The van der Waals surface area contributed by atoms with E-state index >= 15 is 0 Å². The highest BCUT2D eigenvalue weighted by atomic mass is 16.3. The molecular weight excluding hydrogens is 256 g/mol. The van der Waals surface area contributed by atoms with Crippen molar-refractivity contribution in [2.24, 2.45) is 0 Å². The third-order valence-corrected chi connectivity index (χ3v) is 3.71. The fraction of sp³-hybridized carbons (Fsp3) is 0.100. The Hall–Kier alpha value is -2.54. The summed E-state index contributed by atoms with van der Waals surface area (Å²) in [6.07, 6.45) is 1.78. The predicted molar refractivity (Wildman–Crippen MR) is 87.4 cm³/mol. The summed E-state index contributed by atoms with van der Waals surface area (Å²) in [7, 11) is 0. The topological polar surface area (TPSA) is 20.2 Å². The molecule has 0 saturated carbocycles. The number of aryl methyl sites for hydroxylation is 2. The molecule has 0 aliphatic rings. The molecule has 0 aliphatic carbocycles. The first-order chi connectivity index (χ1) is 10.3. The van der Waals surface area contributed by atoms with E-state index in [9.17, 15) is 5.11 Å². The summed E-state index contributed by atoms with van der Waals surface area (Å²) in [5.41, 5.74) is 4.62. The molecule has 0 saturated heterocycles. The van der Waals surface area contributed by atoms with Crippen molar-refractivity contribution in [3.63, 3.8) is 0 Å². The first-order valence-corrected chi connectivity index (χ1v) is 7.24. The molecular formula is C20H18O. The molecule has 0 unspecified atom stereocenters. The lowest BCUT2D eigenvalue weighted by Gasteiger charge is -2.08. The van der Waals surface area contributed by atoms with Crippen LogP contribution in [0.1, 0.15) is 11.1 Å². The van der Waals surface area contributed by atoms with E-state index in [1.54, 1.807) is 6.07 Å². The summed E-state index contributed by atoms with van der Waals surface area (Å²) in [5.74, 6) is 0.380. The van der Waals surface area contributed by atoms with Crippen molar-refractivity contribution < 1.29 is 5.11 Å². The van der Waals surface area contributed by atoms with Gasteiger partial charge < -0.3 is 5.11 Å². The molecule has 3 rings (SSSR count). The molecule has 1 heteroatoms. The normalized spacial score (nSPS) is 10.5. The Bertz CT molecular complexity index is 702. The van der Waals surface area contributed by atoms with Crippen molar-refractivity contribution in [1.29, 1.82) is 0 Å². The van der Waals surface area contributed by atoms with E-state index < -0.39 is 0 Å². The van der Waals surface area contributed by atoms with Crippen molar-refractivity contribution in [3.8, 4) is 16.9 Å². The molecule has 21 heavy (non-hydrogen) atoms. The zero-order valence-corrected chi connectivity index (χ0v) is 11.9. The van der Waals surface area contributed by atoms with Gasteiger partial charge in [-0.25, -0.2) is 0 Å². The van der Waals surface area contributed by atoms with Crippen molar-refractivity contribution in [2.45, 2.75) is 12.8 Å². The summed E-state index contributed by atoms with van der Waals surface area (Å²) in [6, 6.07) is 26.5. The second kappa shape index (κ2) is 6.27. The number of phenols is 1. The van der Waals surface area contributed by atoms with E-state index in [0.717, 1.165) is 24.0 Å². The number of hydrogen-bond donors (Lipinski definition) is 1. The molecule has 3 aromatic carbocycles. The van der Waals surface area contributed by atoms with Gasteiger partial charge in [-0.3, -0.25) is 0 Å². The van der Waals surface area contributed by atoms with Gasteiger partial charge in [0.15, 0.2) is 0 Å². The molecule has 104 valence electrons. The number of rotatable bonds is 4. The maximum atomic E-state index is 10.1. The summed E-state index contributed by atoms with van der Waals surface area (Å²) < 4.78 is 0.